The number of carboxylic acids is 1. The van der Waals surface area contributed by atoms with Crippen LogP contribution in [0.1, 0.15) is 18.4 Å². The Hall–Kier alpha value is -1.65. The van der Waals surface area contributed by atoms with Crippen molar-refractivity contribution in [3.05, 3.63) is 48.8 Å². The summed E-state index contributed by atoms with van der Waals surface area (Å²) in [7, 11) is 5.92. The van der Waals surface area contributed by atoms with Crippen LogP contribution in [-0.2, 0) is 11.8 Å². The van der Waals surface area contributed by atoms with Crippen LogP contribution >= 0.6 is 0 Å². The van der Waals surface area contributed by atoms with Crippen molar-refractivity contribution in [3.63, 3.8) is 0 Å². The summed E-state index contributed by atoms with van der Waals surface area (Å²) in [6, 6.07) is 4.04. The summed E-state index contributed by atoms with van der Waals surface area (Å²) in [5.41, 5.74) is 1.46. The van der Waals surface area contributed by atoms with E-state index in [1.54, 1.807) is 0 Å². The average Bonchev–Trinajstić information content (AvgIpc) is 2.39. The molecule has 0 saturated carbocycles. The molecule has 1 N–H and O–H groups in total. The second-order valence-electron chi connectivity index (χ2n) is 4.82. The van der Waals surface area contributed by atoms with E-state index >= 15 is 0 Å². The fourth-order valence-corrected chi connectivity index (χ4v) is 1.36. The first-order valence-corrected chi connectivity index (χ1v) is 6.50. The molecule has 0 fully saturated rings. The minimum absolute atomic E-state index is 0. The van der Waals surface area contributed by atoms with Crippen molar-refractivity contribution in [1.29, 1.82) is 0 Å². The van der Waals surface area contributed by atoms with Crippen LogP contribution in [0.3, 0.4) is 0 Å². The number of halogens is 1. The van der Waals surface area contributed by atoms with Crippen molar-refractivity contribution in [3.8, 4) is 0 Å². The van der Waals surface area contributed by atoms with E-state index in [2.05, 4.69) is 13.2 Å². The third kappa shape index (κ3) is 11.8. The predicted octanol–water partition coefficient (Wildman–Crippen LogP) is -0.873. The molecule has 0 saturated heterocycles. The molecule has 1 aromatic rings. The summed E-state index contributed by atoms with van der Waals surface area (Å²) >= 11 is 0. The Labute approximate surface area is 133 Å². The number of rotatable bonds is 6. The van der Waals surface area contributed by atoms with Crippen LogP contribution in [0.25, 0.3) is 6.08 Å². The van der Waals surface area contributed by atoms with Gasteiger partial charge in [0.1, 0.15) is 7.05 Å². The molecule has 0 amide bonds. The van der Waals surface area contributed by atoms with Gasteiger partial charge in [0.25, 0.3) is 0 Å². The quantitative estimate of drug-likeness (QED) is 0.548. The molecule has 0 aliphatic carbocycles. The minimum atomic E-state index is -0.885. The van der Waals surface area contributed by atoms with Gasteiger partial charge in [0, 0.05) is 17.7 Å². The fourth-order valence-electron chi connectivity index (χ4n) is 1.36. The molecule has 0 aromatic carbocycles. The molecule has 4 nitrogen and oxygen atoms in total. The maximum absolute atomic E-state index is 10.3. The summed E-state index contributed by atoms with van der Waals surface area (Å²) in [5, 5.41) is 8.43. The Balaban J connectivity index is 0. The van der Waals surface area contributed by atoms with Gasteiger partial charge in [-0.2, -0.15) is 0 Å². The standard InChI is InChI=1S/C8H15NO2.C8H10N.ClH/c1-7(8(10)11)5-4-6-9(2)3;1-3-8-4-6-9(2)7-5-8;/h1,4-6H2,2-3H3,(H,10,11);3-7H,1H2,2H3;1H/q;+1;/p-1. The van der Waals surface area contributed by atoms with Crippen LogP contribution in [0.5, 0.6) is 0 Å². The fraction of sp³-hybridized carbons (Fsp3) is 0.375. The van der Waals surface area contributed by atoms with Gasteiger partial charge in [0.2, 0.25) is 0 Å². The summed E-state index contributed by atoms with van der Waals surface area (Å²) < 4.78 is 1.99. The van der Waals surface area contributed by atoms with Crippen LogP contribution in [0.2, 0.25) is 0 Å². The molecule has 118 valence electrons. The van der Waals surface area contributed by atoms with Crippen molar-refractivity contribution < 1.29 is 26.9 Å². The van der Waals surface area contributed by atoms with Crippen molar-refractivity contribution in [2.45, 2.75) is 12.8 Å². The Morgan fingerprint density at radius 1 is 1.38 bits per heavy atom. The zero-order chi connectivity index (χ0) is 15.5. The van der Waals surface area contributed by atoms with Crippen molar-refractivity contribution in [2.75, 3.05) is 20.6 Å². The highest BCUT2D eigenvalue weighted by Crippen LogP contribution is 2.01. The number of carbonyl (C=O) groups is 1. The molecule has 0 atom stereocenters. The van der Waals surface area contributed by atoms with Crippen molar-refractivity contribution >= 4 is 12.0 Å². The number of aromatic nitrogens is 1. The summed E-state index contributed by atoms with van der Waals surface area (Å²) in [5.74, 6) is -0.885. The molecule has 1 heterocycles. The molecular weight excluding hydrogens is 288 g/mol. The number of hydrogen-bond acceptors (Lipinski definition) is 2. The maximum Gasteiger partial charge on any atom is 0.330 e. The van der Waals surface area contributed by atoms with Gasteiger partial charge in [-0.05, 0) is 39.0 Å². The van der Waals surface area contributed by atoms with Gasteiger partial charge >= 0.3 is 5.97 Å². The Morgan fingerprint density at radius 3 is 2.29 bits per heavy atom. The molecule has 0 unspecified atom stereocenters. The Kier molecular flexibility index (Phi) is 12.5. The number of carboxylic acid groups (broad SMARTS) is 1. The van der Waals surface area contributed by atoms with Gasteiger partial charge < -0.3 is 22.4 Å². The summed E-state index contributed by atoms with van der Waals surface area (Å²) in [4.78, 5) is 12.3. The minimum Gasteiger partial charge on any atom is -1.00 e. The molecule has 0 bridgehead atoms. The van der Waals surface area contributed by atoms with Crippen LogP contribution < -0.4 is 17.0 Å². The number of nitrogens with zero attached hydrogens (tertiary/aromatic N) is 2. The third-order valence-corrected chi connectivity index (χ3v) is 2.63. The normalized spacial score (nSPS) is 9.14. The molecule has 5 heteroatoms. The Morgan fingerprint density at radius 2 is 1.90 bits per heavy atom. The smallest absolute Gasteiger partial charge is 0.330 e. The van der Waals surface area contributed by atoms with Crippen LogP contribution in [-0.4, -0.2) is 36.6 Å². The number of aliphatic carboxylic acids is 1. The largest absolute Gasteiger partial charge is 1.00 e. The van der Waals surface area contributed by atoms with Gasteiger partial charge in [-0.25, -0.2) is 9.36 Å². The first kappa shape index (κ1) is 21.6. The second kappa shape index (κ2) is 12.1. The van der Waals surface area contributed by atoms with E-state index in [0.717, 1.165) is 18.5 Å². The lowest BCUT2D eigenvalue weighted by atomic mass is 10.1. The van der Waals surface area contributed by atoms with Crippen molar-refractivity contribution in [1.82, 2.24) is 4.90 Å². The lowest BCUT2D eigenvalue weighted by Crippen LogP contribution is -3.00. The first-order valence-electron chi connectivity index (χ1n) is 6.50. The highest BCUT2D eigenvalue weighted by atomic mass is 35.5. The second-order valence-corrected chi connectivity index (χ2v) is 4.82. The number of aryl methyl sites for hydroxylation is 1. The molecule has 0 aliphatic heterocycles. The third-order valence-electron chi connectivity index (χ3n) is 2.63. The molecular formula is C16H25ClN2O2. The summed E-state index contributed by atoms with van der Waals surface area (Å²) in [6.45, 7) is 7.99. The molecule has 1 aromatic heterocycles. The topological polar surface area (TPSA) is 44.4 Å². The number of hydrogen-bond donors (Lipinski definition) is 1. The molecule has 0 aliphatic rings. The summed E-state index contributed by atoms with van der Waals surface area (Å²) in [6.07, 6.45) is 7.26. The van der Waals surface area contributed by atoms with Crippen LogP contribution in [0.4, 0.5) is 0 Å². The SMILES string of the molecule is C=C(CCCN(C)C)C(=O)O.C=Cc1cc[n+](C)cc1.[Cl-]. The van der Waals surface area contributed by atoms with Gasteiger partial charge in [-0.3, -0.25) is 0 Å². The molecule has 0 spiro atoms. The van der Waals surface area contributed by atoms with E-state index in [1.165, 1.54) is 0 Å². The number of pyridine rings is 1. The Bertz CT molecular complexity index is 442. The lowest BCUT2D eigenvalue weighted by Gasteiger charge is -2.08. The average molecular weight is 313 g/mol. The lowest BCUT2D eigenvalue weighted by molar-refractivity contribution is -0.671. The predicted molar refractivity (Wildman–Crippen MR) is 82.3 cm³/mol. The first-order chi connectivity index (χ1) is 9.36. The van der Waals surface area contributed by atoms with Gasteiger partial charge in [-0.1, -0.05) is 19.2 Å². The van der Waals surface area contributed by atoms with E-state index in [4.69, 9.17) is 5.11 Å². The van der Waals surface area contributed by atoms with Gasteiger partial charge in [-0.15, -0.1) is 0 Å². The van der Waals surface area contributed by atoms with Gasteiger partial charge in [0.15, 0.2) is 12.4 Å². The zero-order valence-electron chi connectivity index (χ0n) is 13.1. The van der Waals surface area contributed by atoms with E-state index in [9.17, 15) is 4.79 Å². The molecule has 21 heavy (non-hydrogen) atoms. The maximum atomic E-state index is 10.3. The van der Waals surface area contributed by atoms with E-state index in [0.29, 0.717) is 12.0 Å². The highest BCUT2D eigenvalue weighted by Gasteiger charge is 2.02. The highest BCUT2D eigenvalue weighted by molar-refractivity contribution is 5.85. The van der Waals surface area contributed by atoms with Crippen molar-refractivity contribution in [2.24, 2.45) is 7.05 Å². The van der Waals surface area contributed by atoms with Crippen LogP contribution in [0, 0.1) is 0 Å². The van der Waals surface area contributed by atoms with Gasteiger partial charge in [0.05, 0.1) is 0 Å². The zero-order valence-corrected chi connectivity index (χ0v) is 13.8. The van der Waals surface area contributed by atoms with E-state index < -0.39 is 5.97 Å². The van der Waals surface area contributed by atoms with E-state index in [-0.39, 0.29) is 12.4 Å². The van der Waals surface area contributed by atoms with Crippen LogP contribution in [0.15, 0.2) is 43.3 Å². The molecule has 1 rings (SSSR count). The van der Waals surface area contributed by atoms with E-state index in [1.807, 2.05) is 61.2 Å². The monoisotopic (exact) mass is 312 g/mol. The molecule has 0 radical (unpaired) electrons.